The molecule has 0 saturated heterocycles. The number of aromatic nitrogens is 2. The summed E-state index contributed by atoms with van der Waals surface area (Å²) in [6.07, 6.45) is 3.30. The van der Waals surface area contributed by atoms with Crippen molar-refractivity contribution in [3.8, 4) is 0 Å². The number of furan rings is 1. The van der Waals surface area contributed by atoms with Gasteiger partial charge in [-0.15, -0.1) is 0 Å². The summed E-state index contributed by atoms with van der Waals surface area (Å²) < 4.78 is 6.73. The van der Waals surface area contributed by atoms with Crippen LogP contribution in [0.3, 0.4) is 0 Å². The number of aryl methyl sites for hydroxylation is 1. The van der Waals surface area contributed by atoms with Crippen LogP contribution in [-0.2, 0) is 6.54 Å². The third kappa shape index (κ3) is 1.99. The van der Waals surface area contributed by atoms with Crippen LogP contribution in [0.4, 0.5) is 0 Å². The largest absolute Gasteiger partial charge is 0.453 e. The van der Waals surface area contributed by atoms with Crippen LogP contribution < -0.4 is 0 Å². The molecule has 0 bridgehead atoms. The van der Waals surface area contributed by atoms with Crippen LogP contribution in [0, 0.1) is 0 Å². The highest BCUT2D eigenvalue weighted by molar-refractivity contribution is 6.29. The molecule has 0 aromatic carbocycles. The minimum absolute atomic E-state index is 0.219. The Morgan fingerprint density at radius 3 is 3.00 bits per heavy atom. The molecule has 2 aromatic heterocycles. The van der Waals surface area contributed by atoms with E-state index in [2.05, 4.69) is 12.0 Å². The molecule has 4 nitrogen and oxygen atoms in total. The molecule has 2 aromatic rings. The molecule has 0 aliphatic carbocycles. The summed E-state index contributed by atoms with van der Waals surface area (Å²) in [7, 11) is 0. The Balaban J connectivity index is 2.30. The first-order valence-corrected chi connectivity index (χ1v) is 5.54. The van der Waals surface area contributed by atoms with Crippen molar-refractivity contribution in [3.05, 3.63) is 41.1 Å². The summed E-state index contributed by atoms with van der Waals surface area (Å²) in [5, 5.41) is 14.5. The van der Waals surface area contributed by atoms with Crippen molar-refractivity contribution >= 4 is 11.6 Å². The topological polar surface area (TPSA) is 51.2 Å². The molecule has 1 unspecified atom stereocenters. The molecule has 0 amide bonds. The maximum atomic E-state index is 10.2. The highest BCUT2D eigenvalue weighted by Crippen LogP contribution is 2.28. The van der Waals surface area contributed by atoms with Crippen LogP contribution in [-0.4, -0.2) is 14.9 Å². The number of aliphatic hydroxyl groups is 1. The van der Waals surface area contributed by atoms with Crippen molar-refractivity contribution in [2.45, 2.75) is 26.0 Å². The second-order valence-corrected chi connectivity index (χ2v) is 3.87. The molecule has 1 atom stereocenters. The molecule has 0 aliphatic heterocycles. The molecule has 16 heavy (non-hydrogen) atoms. The molecule has 5 heteroatoms. The molecule has 2 rings (SSSR count). The van der Waals surface area contributed by atoms with Crippen LogP contribution in [0.5, 0.6) is 0 Å². The highest BCUT2D eigenvalue weighted by Gasteiger charge is 2.19. The van der Waals surface area contributed by atoms with E-state index in [1.54, 1.807) is 23.0 Å². The fourth-order valence-electron chi connectivity index (χ4n) is 1.63. The van der Waals surface area contributed by atoms with Crippen LogP contribution in [0.2, 0.25) is 5.22 Å². The number of rotatable bonds is 4. The Labute approximate surface area is 98.4 Å². The van der Waals surface area contributed by atoms with E-state index < -0.39 is 6.10 Å². The fraction of sp³-hybridized carbons (Fsp3) is 0.364. The number of hydrogen-bond donors (Lipinski definition) is 1. The standard InChI is InChI=1S/C11H13ClN2O2/c1-2-6-14-9(3-5-13-14)10(15)8-4-7-16-11(8)12/h3-5,7,10,15H,2,6H2,1H3. The Kier molecular flexibility index (Phi) is 3.31. The summed E-state index contributed by atoms with van der Waals surface area (Å²) in [5.41, 5.74) is 1.30. The fourth-order valence-corrected chi connectivity index (χ4v) is 1.85. The number of hydrogen-bond acceptors (Lipinski definition) is 3. The molecule has 2 heterocycles. The summed E-state index contributed by atoms with van der Waals surface area (Å²) in [6, 6.07) is 3.44. The minimum atomic E-state index is -0.791. The lowest BCUT2D eigenvalue weighted by Crippen LogP contribution is -2.09. The normalized spacial score (nSPS) is 12.9. The zero-order valence-corrected chi connectivity index (χ0v) is 9.68. The number of halogens is 1. The van der Waals surface area contributed by atoms with Gasteiger partial charge in [-0.25, -0.2) is 0 Å². The highest BCUT2D eigenvalue weighted by atomic mass is 35.5. The number of aliphatic hydroxyl groups excluding tert-OH is 1. The Morgan fingerprint density at radius 1 is 1.56 bits per heavy atom. The average Bonchev–Trinajstić information content (AvgIpc) is 2.87. The molecule has 0 saturated carbocycles. The third-order valence-electron chi connectivity index (χ3n) is 2.41. The van der Waals surface area contributed by atoms with Gasteiger partial charge in [0.2, 0.25) is 0 Å². The second-order valence-electron chi connectivity index (χ2n) is 3.53. The Hall–Kier alpha value is -1.26. The summed E-state index contributed by atoms with van der Waals surface area (Å²) in [5.74, 6) is 0. The van der Waals surface area contributed by atoms with Gasteiger partial charge in [-0.1, -0.05) is 6.92 Å². The van der Waals surface area contributed by atoms with Gasteiger partial charge >= 0.3 is 0 Å². The van der Waals surface area contributed by atoms with E-state index in [0.29, 0.717) is 5.56 Å². The van der Waals surface area contributed by atoms with Crippen LogP contribution in [0.25, 0.3) is 0 Å². The zero-order valence-electron chi connectivity index (χ0n) is 8.93. The molecule has 0 aliphatic rings. The Bertz CT molecular complexity index is 464. The summed E-state index contributed by atoms with van der Waals surface area (Å²) in [6.45, 7) is 2.83. The van der Waals surface area contributed by atoms with E-state index in [1.807, 2.05) is 0 Å². The van der Waals surface area contributed by atoms with Crippen molar-refractivity contribution < 1.29 is 9.52 Å². The molecule has 0 spiro atoms. The molecule has 0 radical (unpaired) electrons. The van der Waals surface area contributed by atoms with Gasteiger partial charge in [0.05, 0.1) is 12.0 Å². The van der Waals surface area contributed by atoms with E-state index >= 15 is 0 Å². The van der Waals surface area contributed by atoms with E-state index in [0.717, 1.165) is 18.7 Å². The predicted octanol–water partition coefficient (Wildman–Crippen LogP) is 2.62. The van der Waals surface area contributed by atoms with Gasteiger partial charge in [0.15, 0.2) is 5.22 Å². The molecule has 0 fully saturated rings. The summed E-state index contributed by atoms with van der Waals surface area (Å²) >= 11 is 5.82. The first-order chi connectivity index (χ1) is 7.74. The van der Waals surface area contributed by atoms with E-state index in [-0.39, 0.29) is 5.22 Å². The van der Waals surface area contributed by atoms with Gasteiger partial charge in [-0.05, 0) is 30.2 Å². The first kappa shape index (κ1) is 11.2. The average molecular weight is 241 g/mol. The maximum Gasteiger partial charge on any atom is 0.199 e. The second kappa shape index (κ2) is 4.72. The maximum absolute atomic E-state index is 10.2. The molecular formula is C11H13ClN2O2. The van der Waals surface area contributed by atoms with Crippen molar-refractivity contribution in [2.24, 2.45) is 0 Å². The van der Waals surface area contributed by atoms with E-state index in [4.69, 9.17) is 16.0 Å². The smallest absolute Gasteiger partial charge is 0.199 e. The van der Waals surface area contributed by atoms with E-state index in [1.165, 1.54) is 6.26 Å². The third-order valence-corrected chi connectivity index (χ3v) is 2.71. The lowest BCUT2D eigenvalue weighted by Gasteiger charge is -2.11. The quantitative estimate of drug-likeness (QED) is 0.894. The Morgan fingerprint density at radius 2 is 2.38 bits per heavy atom. The summed E-state index contributed by atoms with van der Waals surface area (Å²) in [4.78, 5) is 0. The lowest BCUT2D eigenvalue weighted by molar-refractivity contribution is 0.206. The monoisotopic (exact) mass is 240 g/mol. The first-order valence-electron chi connectivity index (χ1n) is 5.16. The molecule has 1 N–H and O–H groups in total. The van der Waals surface area contributed by atoms with Crippen molar-refractivity contribution in [2.75, 3.05) is 0 Å². The van der Waals surface area contributed by atoms with Gasteiger partial charge in [0.25, 0.3) is 0 Å². The van der Waals surface area contributed by atoms with Gasteiger partial charge in [-0.2, -0.15) is 5.10 Å². The lowest BCUT2D eigenvalue weighted by atomic mass is 10.1. The van der Waals surface area contributed by atoms with E-state index in [9.17, 15) is 5.11 Å². The van der Waals surface area contributed by atoms with Gasteiger partial charge in [0, 0.05) is 18.3 Å². The SMILES string of the molecule is CCCn1nccc1C(O)c1ccoc1Cl. The van der Waals surface area contributed by atoms with Gasteiger partial charge < -0.3 is 9.52 Å². The van der Waals surface area contributed by atoms with Crippen LogP contribution in [0.1, 0.15) is 30.7 Å². The van der Waals surface area contributed by atoms with Gasteiger partial charge in [0.1, 0.15) is 6.10 Å². The van der Waals surface area contributed by atoms with Crippen molar-refractivity contribution in [1.29, 1.82) is 0 Å². The van der Waals surface area contributed by atoms with Crippen LogP contribution >= 0.6 is 11.6 Å². The minimum Gasteiger partial charge on any atom is -0.453 e. The molecule has 86 valence electrons. The molecular weight excluding hydrogens is 228 g/mol. The van der Waals surface area contributed by atoms with Gasteiger partial charge in [-0.3, -0.25) is 4.68 Å². The number of nitrogens with zero attached hydrogens (tertiary/aromatic N) is 2. The van der Waals surface area contributed by atoms with Crippen LogP contribution in [0.15, 0.2) is 29.0 Å². The zero-order chi connectivity index (χ0) is 11.5. The van der Waals surface area contributed by atoms with Crippen molar-refractivity contribution in [1.82, 2.24) is 9.78 Å². The van der Waals surface area contributed by atoms with Crippen molar-refractivity contribution in [3.63, 3.8) is 0 Å². The predicted molar refractivity (Wildman–Crippen MR) is 60.3 cm³/mol.